The molecule has 1 saturated heterocycles. The molecule has 0 aromatic carbocycles. The first-order valence-corrected chi connectivity index (χ1v) is 6.34. The fraction of sp³-hybridized carbons (Fsp3) is 0.750. The van der Waals surface area contributed by atoms with Gasteiger partial charge in [0, 0.05) is 51.2 Å². The summed E-state index contributed by atoms with van der Waals surface area (Å²) in [5.41, 5.74) is 0. The topological polar surface area (TPSA) is 36.3 Å². The van der Waals surface area contributed by atoms with Gasteiger partial charge in [-0.2, -0.15) is 0 Å². The number of piperazine rings is 1. The van der Waals surface area contributed by atoms with E-state index in [1.807, 2.05) is 6.20 Å². The maximum atomic E-state index is 4.34. The third kappa shape index (κ3) is 2.98. The molecule has 1 aliphatic rings. The van der Waals surface area contributed by atoms with Gasteiger partial charge in [-0.05, 0) is 21.0 Å². The Kier molecular flexibility index (Phi) is 4.02. The summed E-state index contributed by atoms with van der Waals surface area (Å²) in [6, 6.07) is 0.570. The first-order valence-electron chi connectivity index (χ1n) is 6.34. The van der Waals surface area contributed by atoms with Crippen LogP contribution in [-0.4, -0.2) is 65.7 Å². The second-order valence-electron chi connectivity index (χ2n) is 4.83. The summed E-state index contributed by atoms with van der Waals surface area (Å²) in [6.07, 6.45) is 3.92. The van der Waals surface area contributed by atoms with Gasteiger partial charge in [-0.25, -0.2) is 4.98 Å². The lowest BCUT2D eigenvalue weighted by atomic mass is 10.2. The fourth-order valence-corrected chi connectivity index (χ4v) is 2.31. The van der Waals surface area contributed by atoms with Crippen LogP contribution in [0.25, 0.3) is 0 Å². The molecular formula is C12H23N5. The number of imidazole rings is 1. The van der Waals surface area contributed by atoms with Crippen LogP contribution in [-0.2, 0) is 6.54 Å². The van der Waals surface area contributed by atoms with Crippen molar-refractivity contribution in [1.82, 2.24) is 19.4 Å². The Morgan fingerprint density at radius 1 is 1.41 bits per heavy atom. The summed E-state index contributed by atoms with van der Waals surface area (Å²) in [5.74, 6) is 0.981. The minimum Gasteiger partial charge on any atom is -0.356 e. The number of aromatic nitrogens is 2. The van der Waals surface area contributed by atoms with Crippen molar-refractivity contribution in [3.05, 3.63) is 12.4 Å². The van der Waals surface area contributed by atoms with Crippen LogP contribution in [0.4, 0.5) is 5.95 Å². The lowest BCUT2D eigenvalue weighted by Crippen LogP contribution is -2.51. The van der Waals surface area contributed by atoms with Gasteiger partial charge in [0.15, 0.2) is 0 Å². The molecule has 0 spiro atoms. The largest absolute Gasteiger partial charge is 0.356 e. The van der Waals surface area contributed by atoms with Crippen molar-refractivity contribution in [1.29, 1.82) is 0 Å². The molecule has 96 valence electrons. The Balaban J connectivity index is 2.01. The first kappa shape index (κ1) is 12.4. The second-order valence-corrected chi connectivity index (χ2v) is 4.83. The number of hydrogen-bond donors (Lipinski definition) is 1. The summed E-state index contributed by atoms with van der Waals surface area (Å²) < 4.78 is 2.21. The van der Waals surface area contributed by atoms with Crippen LogP contribution in [0.3, 0.4) is 0 Å². The van der Waals surface area contributed by atoms with Crippen LogP contribution >= 0.6 is 0 Å². The van der Waals surface area contributed by atoms with Crippen molar-refractivity contribution in [3.8, 4) is 0 Å². The molecule has 1 unspecified atom stereocenters. The van der Waals surface area contributed by atoms with Gasteiger partial charge in [0.1, 0.15) is 0 Å². The highest BCUT2D eigenvalue weighted by molar-refractivity contribution is 5.25. The number of hydrogen-bond acceptors (Lipinski definition) is 4. The number of rotatable bonds is 4. The van der Waals surface area contributed by atoms with E-state index in [-0.39, 0.29) is 0 Å². The van der Waals surface area contributed by atoms with Gasteiger partial charge in [0.2, 0.25) is 5.95 Å². The Morgan fingerprint density at radius 3 is 3.00 bits per heavy atom. The molecule has 17 heavy (non-hydrogen) atoms. The molecule has 1 aromatic heterocycles. The number of nitrogens with zero attached hydrogens (tertiary/aromatic N) is 4. The summed E-state index contributed by atoms with van der Waals surface area (Å²) in [4.78, 5) is 9.17. The van der Waals surface area contributed by atoms with Crippen molar-refractivity contribution >= 4 is 5.95 Å². The molecule has 2 heterocycles. The van der Waals surface area contributed by atoms with E-state index in [9.17, 15) is 0 Å². The molecule has 0 amide bonds. The minimum atomic E-state index is 0.570. The third-order valence-corrected chi connectivity index (χ3v) is 3.44. The van der Waals surface area contributed by atoms with Crippen molar-refractivity contribution in [3.63, 3.8) is 0 Å². The van der Waals surface area contributed by atoms with E-state index in [0.717, 1.165) is 38.7 Å². The molecule has 1 fully saturated rings. The van der Waals surface area contributed by atoms with Crippen molar-refractivity contribution in [2.24, 2.45) is 0 Å². The third-order valence-electron chi connectivity index (χ3n) is 3.44. The highest BCUT2D eigenvalue weighted by atomic mass is 15.3. The quantitative estimate of drug-likeness (QED) is 0.830. The van der Waals surface area contributed by atoms with Crippen LogP contribution in [0.5, 0.6) is 0 Å². The van der Waals surface area contributed by atoms with Crippen molar-refractivity contribution in [2.75, 3.05) is 45.6 Å². The maximum Gasteiger partial charge on any atom is 0.202 e. The van der Waals surface area contributed by atoms with Crippen molar-refractivity contribution < 1.29 is 0 Å². The van der Waals surface area contributed by atoms with Gasteiger partial charge in [-0.1, -0.05) is 0 Å². The van der Waals surface area contributed by atoms with E-state index in [1.165, 1.54) is 0 Å². The Labute approximate surface area is 103 Å². The lowest BCUT2D eigenvalue weighted by molar-refractivity contribution is 0.103. The van der Waals surface area contributed by atoms with Crippen LogP contribution in [0.15, 0.2) is 12.4 Å². The molecule has 1 aliphatic heterocycles. The molecule has 0 bridgehead atoms. The molecule has 0 radical (unpaired) electrons. The van der Waals surface area contributed by atoms with Gasteiger partial charge in [-0.15, -0.1) is 0 Å². The number of likely N-dealkylation sites (N-methyl/N-ethyl adjacent to an activating group) is 2. The maximum absolute atomic E-state index is 4.34. The van der Waals surface area contributed by atoms with Crippen LogP contribution in [0.1, 0.15) is 6.92 Å². The van der Waals surface area contributed by atoms with E-state index >= 15 is 0 Å². The Bertz CT molecular complexity index is 348. The van der Waals surface area contributed by atoms with E-state index < -0.39 is 0 Å². The molecule has 1 aromatic rings. The van der Waals surface area contributed by atoms with Crippen LogP contribution in [0, 0.1) is 0 Å². The summed E-state index contributed by atoms with van der Waals surface area (Å²) >= 11 is 0. The summed E-state index contributed by atoms with van der Waals surface area (Å²) in [6.45, 7) is 7.45. The zero-order valence-electron chi connectivity index (χ0n) is 11.1. The van der Waals surface area contributed by atoms with E-state index in [0.29, 0.717) is 6.04 Å². The highest BCUT2D eigenvalue weighted by Gasteiger charge is 2.22. The van der Waals surface area contributed by atoms with Crippen LogP contribution in [0.2, 0.25) is 0 Å². The Morgan fingerprint density at radius 2 is 2.24 bits per heavy atom. The Hall–Kier alpha value is -1.07. The molecule has 2 rings (SSSR count). The van der Waals surface area contributed by atoms with Gasteiger partial charge in [0.25, 0.3) is 0 Å². The van der Waals surface area contributed by atoms with Crippen molar-refractivity contribution in [2.45, 2.75) is 19.5 Å². The van der Waals surface area contributed by atoms with Gasteiger partial charge in [0.05, 0.1) is 0 Å². The molecule has 5 heteroatoms. The minimum absolute atomic E-state index is 0.570. The normalized spacial score (nSPS) is 22.9. The van der Waals surface area contributed by atoms with Gasteiger partial charge < -0.3 is 14.8 Å². The first-order chi connectivity index (χ1) is 8.20. The predicted octanol–water partition coefficient (Wildman–Crippen LogP) is 0.561. The molecule has 5 nitrogen and oxygen atoms in total. The lowest BCUT2D eigenvalue weighted by Gasteiger charge is -2.38. The molecule has 1 atom stereocenters. The predicted molar refractivity (Wildman–Crippen MR) is 70.3 cm³/mol. The second kappa shape index (κ2) is 5.51. The SMILES string of the molecule is CCNc1nccn1CC1CN(C)CCN1C. The van der Waals surface area contributed by atoms with E-state index in [4.69, 9.17) is 0 Å². The molecule has 0 aliphatic carbocycles. The standard InChI is InChI=1S/C12H23N5/c1-4-13-12-14-5-6-17(12)10-11-9-15(2)7-8-16(11)3/h5-6,11H,4,7-10H2,1-3H3,(H,13,14). The summed E-state index contributed by atoms with van der Waals surface area (Å²) in [7, 11) is 4.40. The zero-order valence-corrected chi connectivity index (χ0v) is 11.1. The number of nitrogens with one attached hydrogen (secondary N) is 1. The van der Waals surface area contributed by atoms with Gasteiger partial charge >= 0.3 is 0 Å². The van der Waals surface area contributed by atoms with E-state index in [2.05, 4.69) is 51.9 Å². The monoisotopic (exact) mass is 237 g/mol. The average Bonchev–Trinajstić information content (AvgIpc) is 2.72. The summed E-state index contributed by atoms with van der Waals surface area (Å²) in [5, 5.41) is 3.29. The molecule has 1 N–H and O–H groups in total. The smallest absolute Gasteiger partial charge is 0.202 e. The molecule has 0 saturated carbocycles. The fourth-order valence-electron chi connectivity index (χ4n) is 2.31. The average molecular weight is 237 g/mol. The highest BCUT2D eigenvalue weighted by Crippen LogP contribution is 2.12. The van der Waals surface area contributed by atoms with Crippen LogP contribution < -0.4 is 5.32 Å². The van der Waals surface area contributed by atoms with Gasteiger partial charge in [-0.3, -0.25) is 4.90 Å². The zero-order chi connectivity index (χ0) is 12.3. The number of anilines is 1. The molecular weight excluding hydrogens is 214 g/mol. The van der Waals surface area contributed by atoms with E-state index in [1.54, 1.807) is 0 Å².